The minimum Gasteiger partial charge on any atom is -0.263 e. The SMILES string of the molecule is Fc1ccccc1C#Cc1cccnc1. The maximum Gasteiger partial charge on any atom is 0.138 e. The minimum atomic E-state index is -0.297. The van der Waals surface area contributed by atoms with Crippen molar-refractivity contribution in [3.63, 3.8) is 0 Å². The Morgan fingerprint density at radius 2 is 1.87 bits per heavy atom. The fourth-order valence-corrected chi connectivity index (χ4v) is 1.14. The first kappa shape index (κ1) is 9.42. The summed E-state index contributed by atoms with van der Waals surface area (Å²) in [5.41, 5.74) is 1.18. The molecule has 1 aromatic carbocycles. The van der Waals surface area contributed by atoms with Gasteiger partial charge in [-0.15, -0.1) is 0 Å². The number of aromatic nitrogens is 1. The first-order chi connectivity index (χ1) is 7.36. The summed E-state index contributed by atoms with van der Waals surface area (Å²) in [5, 5.41) is 0. The Bertz CT molecular complexity index is 509. The van der Waals surface area contributed by atoms with E-state index in [9.17, 15) is 4.39 Å². The smallest absolute Gasteiger partial charge is 0.138 e. The molecule has 1 nitrogen and oxygen atoms in total. The van der Waals surface area contributed by atoms with Crippen LogP contribution in [0.15, 0.2) is 48.8 Å². The fraction of sp³-hybridized carbons (Fsp3) is 0. The van der Waals surface area contributed by atoms with E-state index in [4.69, 9.17) is 0 Å². The van der Waals surface area contributed by atoms with E-state index in [0.717, 1.165) is 5.56 Å². The second-order valence-corrected chi connectivity index (χ2v) is 2.97. The van der Waals surface area contributed by atoms with Gasteiger partial charge in [-0.2, -0.15) is 0 Å². The molecule has 0 aliphatic rings. The molecule has 2 aromatic rings. The molecule has 2 rings (SSSR count). The lowest BCUT2D eigenvalue weighted by atomic mass is 10.2. The van der Waals surface area contributed by atoms with Crippen molar-refractivity contribution < 1.29 is 4.39 Å². The van der Waals surface area contributed by atoms with Gasteiger partial charge in [0.2, 0.25) is 0 Å². The van der Waals surface area contributed by atoms with Crippen LogP contribution in [0.5, 0.6) is 0 Å². The molecule has 15 heavy (non-hydrogen) atoms. The van der Waals surface area contributed by atoms with Crippen molar-refractivity contribution in [3.05, 3.63) is 65.7 Å². The highest BCUT2D eigenvalue weighted by Crippen LogP contribution is 2.04. The molecular formula is C13H8FN. The van der Waals surface area contributed by atoms with Crippen molar-refractivity contribution in [1.82, 2.24) is 4.98 Å². The van der Waals surface area contributed by atoms with E-state index in [1.54, 1.807) is 36.7 Å². The Morgan fingerprint density at radius 1 is 1.00 bits per heavy atom. The standard InChI is InChI=1S/C13H8FN/c14-13-6-2-1-5-12(13)8-7-11-4-3-9-15-10-11/h1-6,9-10H. The molecule has 1 aromatic heterocycles. The van der Waals surface area contributed by atoms with Crippen molar-refractivity contribution >= 4 is 0 Å². The van der Waals surface area contributed by atoms with Crippen LogP contribution in [0.3, 0.4) is 0 Å². The van der Waals surface area contributed by atoms with E-state index >= 15 is 0 Å². The van der Waals surface area contributed by atoms with Crippen LogP contribution in [0, 0.1) is 17.7 Å². The number of nitrogens with zero attached hydrogens (tertiary/aromatic N) is 1. The first-order valence-electron chi connectivity index (χ1n) is 4.53. The number of halogens is 1. The van der Waals surface area contributed by atoms with Gasteiger partial charge < -0.3 is 0 Å². The molecule has 0 unspecified atom stereocenters. The molecule has 0 radical (unpaired) electrons. The normalized spacial score (nSPS) is 9.13. The summed E-state index contributed by atoms with van der Waals surface area (Å²) >= 11 is 0. The third-order valence-corrected chi connectivity index (χ3v) is 1.88. The van der Waals surface area contributed by atoms with Crippen molar-refractivity contribution in [1.29, 1.82) is 0 Å². The summed E-state index contributed by atoms with van der Waals surface area (Å²) in [4.78, 5) is 3.92. The quantitative estimate of drug-likeness (QED) is 0.591. The van der Waals surface area contributed by atoms with Gasteiger partial charge >= 0.3 is 0 Å². The van der Waals surface area contributed by atoms with Crippen molar-refractivity contribution in [3.8, 4) is 11.8 Å². The number of hydrogen-bond acceptors (Lipinski definition) is 1. The summed E-state index contributed by atoms with van der Waals surface area (Å²) in [6.45, 7) is 0. The largest absolute Gasteiger partial charge is 0.263 e. The summed E-state index contributed by atoms with van der Waals surface area (Å²) in [5.74, 6) is 5.32. The van der Waals surface area contributed by atoms with Gasteiger partial charge in [-0.05, 0) is 24.3 Å². The van der Waals surface area contributed by atoms with Gasteiger partial charge in [0.05, 0.1) is 5.56 Å². The number of rotatable bonds is 0. The van der Waals surface area contributed by atoms with Crippen LogP contribution in [0.4, 0.5) is 4.39 Å². The van der Waals surface area contributed by atoms with Crippen LogP contribution >= 0.6 is 0 Å². The number of pyridine rings is 1. The second-order valence-electron chi connectivity index (χ2n) is 2.97. The minimum absolute atomic E-state index is 0.297. The van der Waals surface area contributed by atoms with Gasteiger partial charge in [-0.25, -0.2) is 4.39 Å². The molecule has 0 saturated heterocycles. The average Bonchev–Trinajstić information content (AvgIpc) is 2.29. The highest BCUT2D eigenvalue weighted by atomic mass is 19.1. The molecule has 0 N–H and O–H groups in total. The van der Waals surface area contributed by atoms with Gasteiger partial charge in [0.1, 0.15) is 5.82 Å². The van der Waals surface area contributed by atoms with E-state index in [2.05, 4.69) is 16.8 Å². The highest BCUT2D eigenvalue weighted by molar-refractivity contribution is 5.42. The van der Waals surface area contributed by atoms with Crippen molar-refractivity contribution in [2.45, 2.75) is 0 Å². The van der Waals surface area contributed by atoms with Crippen molar-refractivity contribution in [2.75, 3.05) is 0 Å². The van der Waals surface area contributed by atoms with Gasteiger partial charge in [-0.1, -0.05) is 24.0 Å². The molecule has 0 fully saturated rings. The molecule has 0 aliphatic carbocycles. The van der Waals surface area contributed by atoms with Gasteiger partial charge in [0.15, 0.2) is 0 Å². The fourth-order valence-electron chi connectivity index (χ4n) is 1.14. The lowest BCUT2D eigenvalue weighted by molar-refractivity contribution is 0.624. The molecule has 0 amide bonds. The topological polar surface area (TPSA) is 12.9 Å². The molecule has 0 saturated carbocycles. The van der Waals surface area contributed by atoms with E-state index in [0.29, 0.717) is 5.56 Å². The Balaban J connectivity index is 2.31. The zero-order chi connectivity index (χ0) is 10.5. The monoisotopic (exact) mass is 197 g/mol. The lowest BCUT2D eigenvalue weighted by Crippen LogP contribution is -1.81. The van der Waals surface area contributed by atoms with E-state index in [1.807, 2.05) is 6.07 Å². The molecule has 0 atom stereocenters. The van der Waals surface area contributed by atoms with Crippen LogP contribution in [0.25, 0.3) is 0 Å². The zero-order valence-electron chi connectivity index (χ0n) is 7.94. The molecule has 1 heterocycles. The highest BCUT2D eigenvalue weighted by Gasteiger charge is 1.94. The van der Waals surface area contributed by atoms with Gasteiger partial charge in [0.25, 0.3) is 0 Å². The number of benzene rings is 1. The molecular weight excluding hydrogens is 189 g/mol. The Kier molecular flexibility index (Phi) is 2.75. The van der Waals surface area contributed by atoms with Crippen LogP contribution in [0.1, 0.15) is 11.1 Å². The summed E-state index contributed by atoms with van der Waals surface area (Å²) in [6, 6.07) is 10.1. The van der Waals surface area contributed by atoms with Gasteiger partial charge in [0, 0.05) is 18.0 Å². The number of hydrogen-bond donors (Lipinski definition) is 0. The maximum atomic E-state index is 13.2. The summed E-state index contributed by atoms with van der Waals surface area (Å²) < 4.78 is 13.2. The molecule has 0 bridgehead atoms. The second kappa shape index (κ2) is 4.39. The Labute approximate surface area is 87.6 Å². The van der Waals surface area contributed by atoms with Crippen LogP contribution < -0.4 is 0 Å². The third-order valence-electron chi connectivity index (χ3n) is 1.88. The summed E-state index contributed by atoms with van der Waals surface area (Å²) in [7, 11) is 0. The predicted molar refractivity (Wildman–Crippen MR) is 56.6 cm³/mol. The van der Waals surface area contributed by atoms with Crippen molar-refractivity contribution in [2.24, 2.45) is 0 Å². The van der Waals surface area contributed by atoms with Crippen LogP contribution in [0.2, 0.25) is 0 Å². The lowest BCUT2D eigenvalue weighted by Gasteiger charge is -1.91. The Hall–Kier alpha value is -2.14. The van der Waals surface area contributed by atoms with E-state index in [1.165, 1.54) is 6.07 Å². The zero-order valence-corrected chi connectivity index (χ0v) is 7.94. The van der Waals surface area contributed by atoms with Crippen LogP contribution in [-0.4, -0.2) is 4.98 Å². The van der Waals surface area contributed by atoms with E-state index in [-0.39, 0.29) is 5.82 Å². The average molecular weight is 197 g/mol. The van der Waals surface area contributed by atoms with Crippen LogP contribution in [-0.2, 0) is 0 Å². The van der Waals surface area contributed by atoms with Gasteiger partial charge in [-0.3, -0.25) is 4.98 Å². The molecule has 2 heteroatoms. The maximum absolute atomic E-state index is 13.2. The first-order valence-corrected chi connectivity index (χ1v) is 4.53. The Morgan fingerprint density at radius 3 is 2.60 bits per heavy atom. The third kappa shape index (κ3) is 2.41. The van der Waals surface area contributed by atoms with E-state index < -0.39 is 0 Å². The molecule has 72 valence electrons. The molecule has 0 aliphatic heterocycles. The molecule has 0 spiro atoms. The summed E-state index contributed by atoms with van der Waals surface area (Å²) in [6.07, 6.45) is 3.32. The predicted octanol–water partition coefficient (Wildman–Crippen LogP) is 2.62.